The monoisotopic (exact) mass is 247 g/mol. The summed E-state index contributed by atoms with van der Waals surface area (Å²) in [6.07, 6.45) is 5.22. The van der Waals surface area contributed by atoms with E-state index in [0.29, 0.717) is 13.1 Å². The van der Waals surface area contributed by atoms with Crippen LogP contribution in [0.4, 0.5) is 0 Å². The van der Waals surface area contributed by atoms with Crippen molar-refractivity contribution in [2.75, 3.05) is 13.1 Å². The van der Waals surface area contributed by atoms with Gasteiger partial charge < -0.3 is 10.6 Å². The minimum Gasteiger partial charge on any atom is -0.357 e. The van der Waals surface area contributed by atoms with Crippen molar-refractivity contribution < 1.29 is 0 Å². The first-order valence-electron chi connectivity index (χ1n) is 6.04. The Morgan fingerprint density at radius 3 is 2.67 bits per heavy atom. The number of aliphatic imine (C=N–C) groups is 1. The molecule has 1 heterocycles. The highest BCUT2D eigenvalue weighted by Crippen LogP contribution is 2.12. The van der Waals surface area contributed by atoms with Gasteiger partial charge in [-0.05, 0) is 20.8 Å². The second-order valence-corrected chi connectivity index (χ2v) is 4.03. The molecule has 0 spiro atoms. The van der Waals surface area contributed by atoms with Crippen LogP contribution in [0.3, 0.4) is 0 Å². The van der Waals surface area contributed by atoms with Gasteiger partial charge in [0.05, 0.1) is 18.8 Å². The van der Waals surface area contributed by atoms with Crippen molar-refractivity contribution in [1.29, 1.82) is 0 Å². The molecule has 0 saturated carbocycles. The summed E-state index contributed by atoms with van der Waals surface area (Å²) < 4.78 is 1.88. The van der Waals surface area contributed by atoms with E-state index < -0.39 is 0 Å². The SMILES string of the molecule is C#CCNC(=NCc1c(C)nn(C)c1C)NCC. The Morgan fingerprint density at radius 1 is 1.44 bits per heavy atom. The van der Waals surface area contributed by atoms with Crippen molar-refractivity contribution in [3.8, 4) is 12.3 Å². The summed E-state index contributed by atoms with van der Waals surface area (Å²) in [4.78, 5) is 4.50. The van der Waals surface area contributed by atoms with Crippen molar-refractivity contribution in [3.63, 3.8) is 0 Å². The first-order valence-corrected chi connectivity index (χ1v) is 6.04. The minimum atomic E-state index is 0.469. The molecule has 1 aromatic heterocycles. The van der Waals surface area contributed by atoms with Crippen molar-refractivity contribution in [3.05, 3.63) is 17.0 Å². The zero-order valence-corrected chi connectivity index (χ0v) is 11.5. The molecule has 0 aliphatic carbocycles. The largest absolute Gasteiger partial charge is 0.357 e. The van der Waals surface area contributed by atoms with Gasteiger partial charge >= 0.3 is 0 Å². The average Bonchev–Trinajstić information content (AvgIpc) is 2.58. The van der Waals surface area contributed by atoms with Crippen LogP contribution in [-0.2, 0) is 13.6 Å². The van der Waals surface area contributed by atoms with Crippen LogP contribution in [0, 0.1) is 26.2 Å². The lowest BCUT2D eigenvalue weighted by molar-refractivity contribution is 0.730. The van der Waals surface area contributed by atoms with E-state index in [1.807, 2.05) is 32.5 Å². The van der Waals surface area contributed by atoms with Gasteiger partial charge in [-0.1, -0.05) is 5.92 Å². The maximum absolute atomic E-state index is 5.22. The van der Waals surface area contributed by atoms with Crippen molar-refractivity contribution in [2.45, 2.75) is 27.3 Å². The number of guanidine groups is 1. The molecule has 0 aliphatic heterocycles. The third kappa shape index (κ3) is 3.52. The Kier molecular flexibility index (Phi) is 5.25. The third-order valence-electron chi connectivity index (χ3n) is 2.76. The molecule has 0 atom stereocenters. The predicted octanol–water partition coefficient (Wildman–Crippen LogP) is 0.725. The first-order chi connectivity index (χ1) is 8.60. The Hall–Kier alpha value is -1.96. The summed E-state index contributed by atoms with van der Waals surface area (Å²) in [6, 6.07) is 0. The lowest BCUT2D eigenvalue weighted by Gasteiger charge is -2.08. The summed E-state index contributed by atoms with van der Waals surface area (Å²) in [5.74, 6) is 3.27. The molecular formula is C13H21N5. The Bertz CT molecular complexity index is 464. The molecule has 18 heavy (non-hydrogen) atoms. The molecule has 0 aromatic carbocycles. The van der Waals surface area contributed by atoms with E-state index in [4.69, 9.17) is 6.42 Å². The lowest BCUT2D eigenvalue weighted by Crippen LogP contribution is -2.37. The topological polar surface area (TPSA) is 54.2 Å². The summed E-state index contributed by atoms with van der Waals surface area (Å²) >= 11 is 0. The summed E-state index contributed by atoms with van der Waals surface area (Å²) in [7, 11) is 1.94. The van der Waals surface area contributed by atoms with Crippen LogP contribution >= 0.6 is 0 Å². The van der Waals surface area contributed by atoms with Crippen molar-refractivity contribution in [2.24, 2.45) is 12.0 Å². The Labute approximate surface area is 109 Å². The molecule has 2 N–H and O–H groups in total. The molecule has 0 radical (unpaired) electrons. The molecule has 5 heteroatoms. The Morgan fingerprint density at radius 2 is 2.17 bits per heavy atom. The van der Waals surface area contributed by atoms with Crippen molar-refractivity contribution in [1.82, 2.24) is 20.4 Å². The minimum absolute atomic E-state index is 0.469. The van der Waals surface area contributed by atoms with E-state index in [0.717, 1.165) is 29.5 Å². The number of aryl methyl sites for hydroxylation is 2. The highest BCUT2D eigenvalue weighted by molar-refractivity contribution is 5.80. The zero-order valence-electron chi connectivity index (χ0n) is 11.5. The standard InChI is InChI=1S/C13H21N5/c1-6-8-15-13(14-7-2)16-9-12-10(3)17-18(5)11(12)4/h1H,7-9H2,2-5H3,(H2,14,15,16). The number of hydrogen-bond donors (Lipinski definition) is 2. The van der Waals surface area contributed by atoms with E-state index >= 15 is 0 Å². The fraction of sp³-hybridized carbons (Fsp3) is 0.538. The Balaban J connectivity index is 2.78. The molecule has 1 aromatic rings. The maximum atomic E-state index is 5.22. The van der Waals surface area contributed by atoms with E-state index in [1.165, 1.54) is 0 Å². The molecule has 0 amide bonds. The van der Waals surface area contributed by atoms with Crippen LogP contribution in [0.2, 0.25) is 0 Å². The predicted molar refractivity (Wildman–Crippen MR) is 74.3 cm³/mol. The van der Waals surface area contributed by atoms with Gasteiger partial charge in [0.25, 0.3) is 0 Å². The van der Waals surface area contributed by atoms with E-state index in [9.17, 15) is 0 Å². The molecule has 1 rings (SSSR count). The number of rotatable bonds is 4. The third-order valence-corrected chi connectivity index (χ3v) is 2.76. The van der Waals surface area contributed by atoms with Gasteiger partial charge in [-0.25, -0.2) is 4.99 Å². The fourth-order valence-corrected chi connectivity index (χ4v) is 1.68. The van der Waals surface area contributed by atoms with Crippen LogP contribution in [0.25, 0.3) is 0 Å². The smallest absolute Gasteiger partial charge is 0.192 e. The van der Waals surface area contributed by atoms with E-state index in [1.54, 1.807) is 0 Å². The summed E-state index contributed by atoms with van der Waals surface area (Å²) in [5.41, 5.74) is 3.33. The lowest BCUT2D eigenvalue weighted by atomic mass is 10.2. The molecule has 0 bridgehead atoms. The number of hydrogen-bond acceptors (Lipinski definition) is 2. The summed E-state index contributed by atoms with van der Waals surface area (Å²) in [6.45, 7) is 7.95. The molecule has 0 fully saturated rings. The van der Waals surface area contributed by atoms with Gasteiger partial charge in [0.2, 0.25) is 0 Å². The molecule has 98 valence electrons. The van der Waals surface area contributed by atoms with Crippen molar-refractivity contribution >= 4 is 5.96 Å². The quantitative estimate of drug-likeness (QED) is 0.468. The van der Waals surface area contributed by atoms with Crippen LogP contribution in [0.15, 0.2) is 4.99 Å². The number of nitrogens with one attached hydrogen (secondary N) is 2. The second-order valence-electron chi connectivity index (χ2n) is 4.03. The normalized spacial score (nSPS) is 11.2. The van der Waals surface area contributed by atoms with Gasteiger partial charge in [-0.15, -0.1) is 6.42 Å². The van der Waals surface area contributed by atoms with Crippen LogP contribution in [-0.4, -0.2) is 28.8 Å². The molecular weight excluding hydrogens is 226 g/mol. The number of aromatic nitrogens is 2. The first kappa shape index (κ1) is 14.1. The van der Waals surface area contributed by atoms with Crippen LogP contribution in [0.5, 0.6) is 0 Å². The number of nitrogens with zero attached hydrogens (tertiary/aromatic N) is 3. The van der Waals surface area contributed by atoms with E-state index in [-0.39, 0.29) is 0 Å². The van der Waals surface area contributed by atoms with Gasteiger partial charge in [0.1, 0.15) is 0 Å². The molecule has 0 aliphatic rings. The van der Waals surface area contributed by atoms with Gasteiger partial charge in [0, 0.05) is 24.8 Å². The highest BCUT2D eigenvalue weighted by atomic mass is 15.3. The second kappa shape index (κ2) is 6.70. The molecule has 0 unspecified atom stereocenters. The summed E-state index contributed by atoms with van der Waals surface area (Å²) in [5, 5.41) is 10.6. The van der Waals surface area contributed by atoms with E-state index in [2.05, 4.69) is 26.6 Å². The van der Waals surface area contributed by atoms with Gasteiger partial charge in [-0.3, -0.25) is 4.68 Å². The zero-order chi connectivity index (χ0) is 13.5. The van der Waals surface area contributed by atoms with Gasteiger partial charge in [-0.2, -0.15) is 5.10 Å². The highest BCUT2D eigenvalue weighted by Gasteiger charge is 2.08. The maximum Gasteiger partial charge on any atom is 0.192 e. The molecule has 0 saturated heterocycles. The average molecular weight is 247 g/mol. The van der Waals surface area contributed by atoms with Crippen LogP contribution < -0.4 is 10.6 Å². The molecule has 5 nitrogen and oxygen atoms in total. The van der Waals surface area contributed by atoms with Crippen LogP contribution in [0.1, 0.15) is 23.9 Å². The number of terminal acetylenes is 1. The van der Waals surface area contributed by atoms with Gasteiger partial charge in [0.15, 0.2) is 5.96 Å². The fourth-order valence-electron chi connectivity index (χ4n) is 1.68.